The Morgan fingerprint density at radius 1 is 1.15 bits per heavy atom. The SMILES string of the molecule is COc1cc(N2CCN(C)CC2)c([N+](=O)[O-])cc1Nc1ncc(Cl)c(Nc2cc(OC(N)=O)ccc2S(C)(=O)=O)n1. The van der Waals surface area contributed by atoms with Gasteiger partial charge in [0, 0.05) is 50.6 Å². The summed E-state index contributed by atoms with van der Waals surface area (Å²) in [5.74, 6) is 0.261. The van der Waals surface area contributed by atoms with Crippen LogP contribution >= 0.6 is 11.6 Å². The summed E-state index contributed by atoms with van der Waals surface area (Å²) in [4.78, 5) is 35.1. The normalized spacial score (nSPS) is 13.9. The maximum atomic E-state index is 12.4. The lowest BCUT2D eigenvalue weighted by molar-refractivity contribution is -0.384. The second-order valence-electron chi connectivity index (χ2n) is 9.08. The Kier molecular flexibility index (Phi) is 8.65. The summed E-state index contributed by atoms with van der Waals surface area (Å²) in [5, 5.41) is 17.7. The zero-order chi connectivity index (χ0) is 29.9. The molecule has 0 unspecified atom stereocenters. The summed E-state index contributed by atoms with van der Waals surface area (Å²) >= 11 is 6.29. The zero-order valence-corrected chi connectivity index (χ0v) is 23.8. The van der Waals surface area contributed by atoms with Crippen LogP contribution in [0.4, 0.5) is 39.3 Å². The third-order valence-corrected chi connectivity index (χ3v) is 7.58. The Morgan fingerprint density at radius 2 is 1.85 bits per heavy atom. The fourth-order valence-corrected chi connectivity index (χ4v) is 5.11. The number of hydrogen-bond donors (Lipinski definition) is 3. The van der Waals surface area contributed by atoms with E-state index >= 15 is 0 Å². The highest BCUT2D eigenvalue weighted by atomic mass is 35.5. The van der Waals surface area contributed by atoms with Crippen LogP contribution in [0, 0.1) is 10.1 Å². The molecule has 218 valence electrons. The number of nitro groups is 1. The summed E-state index contributed by atoms with van der Waals surface area (Å²) in [6, 6.07) is 6.67. The van der Waals surface area contributed by atoms with Crippen LogP contribution in [0.3, 0.4) is 0 Å². The summed E-state index contributed by atoms with van der Waals surface area (Å²) in [6.45, 7) is 2.74. The first-order chi connectivity index (χ1) is 19.3. The third-order valence-electron chi connectivity index (χ3n) is 6.15. The van der Waals surface area contributed by atoms with Crippen molar-refractivity contribution in [1.29, 1.82) is 0 Å². The maximum Gasteiger partial charge on any atom is 0.409 e. The van der Waals surface area contributed by atoms with Crippen LogP contribution in [-0.4, -0.2) is 80.9 Å². The molecule has 3 aromatic rings. The van der Waals surface area contributed by atoms with Crippen molar-refractivity contribution in [3.05, 3.63) is 51.7 Å². The lowest BCUT2D eigenvalue weighted by atomic mass is 10.1. The third kappa shape index (κ3) is 7.03. The molecule has 4 rings (SSSR count). The number of aromatic nitrogens is 2. The predicted octanol–water partition coefficient (Wildman–Crippen LogP) is 3.15. The number of nitrogens with two attached hydrogens (primary N) is 1. The Bertz CT molecular complexity index is 1600. The quantitative estimate of drug-likeness (QED) is 0.237. The van der Waals surface area contributed by atoms with E-state index in [1.807, 2.05) is 11.9 Å². The molecule has 0 atom stereocenters. The van der Waals surface area contributed by atoms with Gasteiger partial charge in [0.1, 0.15) is 22.2 Å². The van der Waals surface area contributed by atoms with Crippen LogP contribution in [0.2, 0.25) is 5.02 Å². The van der Waals surface area contributed by atoms with Crippen molar-refractivity contribution in [2.45, 2.75) is 4.90 Å². The van der Waals surface area contributed by atoms with Crippen LogP contribution < -0.4 is 30.7 Å². The number of rotatable bonds is 9. The van der Waals surface area contributed by atoms with Crippen LogP contribution in [-0.2, 0) is 9.84 Å². The molecule has 1 amide bonds. The highest BCUT2D eigenvalue weighted by Gasteiger charge is 2.26. The highest BCUT2D eigenvalue weighted by molar-refractivity contribution is 7.90. The Hall–Kier alpha value is -4.41. The van der Waals surface area contributed by atoms with E-state index in [0.717, 1.165) is 19.3 Å². The van der Waals surface area contributed by atoms with Crippen LogP contribution in [0.5, 0.6) is 11.5 Å². The molecule has 2 heterocycles. The van der Waals surface area contributed by atoms with Gasteiger partial charge < -0.3 is 35.6 Å². The number of nitro benzene ring substituents is 1. The number of benzene rings is 2. The molecule has 17 heteroatoms. The number of methoxy groups -OCH3 is 1. The van der Waals surface area contributed by atoms with E-state index in [0.29, 0.717) is 24.5 Å². The molecular weight excluding hydrogens is 580 g/mol. The van der Waals surface area contributed by atoms with Crippen molar-refractivity contribution in [1.82, 2.24) is 14.9 Å². The van der Waals surface area contributed by atoms with Crippen molar-refractivity contribution in [3.8, 4) is 11.5 Å². The fourth-order valence-electron chi connectivity index (χ4n) is 4.14. The maximum absolute atomic E-state index is 12.4. The van der Waals surface area contributed by atoms with Crippen molar-refractivity contribution in [3.63, 3.8) is 0 Å². The van der Waals surface area contributed by atoms with Gasteiger partial charge in [-0.2, -0.15) is 4.98 Å². The van der Waals surface area contributed by atoms with Crippen LogP contribution in [0.15, 0.2) is 41.4 Å². The second kappa shape index (κ2) is 12.0. The van der Waals surface area contributed by atoms with Gasteiger partial charge in [0.15, 0.2) is 15.7 Å². The van der Waals surface area contributed by atoms with E-state index in [9.17, 15) is 23.3 Å². The lowest BCUT2D eigenvalue weighted by Crippen LogP contribution is -2.44. The Balaban J connectivity index is 1.69. The van der Waals surface area contributed by atoms with Gasteiger partial charge in [-0.1, -0.05) is 11.6 Å². The summed E-state index contributed by atoms with van der Waals surface area (Å²) in [7, 11) is -0.310. The molecule has 0 spiro atoms. The van der Waals surface area contributed by atoms with E-state index in [4.69, 9.17) is 26.8 Å². The summed E-state index contributed by atoms with van der Waals surface area (Å²) in [5.41, 5.74) is 5.59. The Morgan fingerprint density at radius 3 is 2.46 bits per heavy atom. The van der Waals surface area contributed by atoms with Gasteiger partial charge in [0.05, 0.1) is 34.5 Å². The number of carbonyl (C=O) groups excluding carboxylic acids is 1. The largest absolute Gasteiger partial charge is 0.494 e. The number of primary amides is 1. The first-order valence-corrected chi connectivity index (χ1v) is 14.3. The van der Waals surface area contributed by atoms with Crippen molar-refractivity contribution in [2.75, 3.05) is 62.1 Å². The molecule has 2 aromatic carbocycles. The number of anilines is 5. The number of carbonyl (C=O) groups is 1. The molecule has 0 aliphatic carbocycles. The van der Waals surface area contributed by atoms with E-state index in [1.54, 1.807) is 6.07 Å². The molecule has 1 aliphatic rings. The average molecular weight is 607 g/mol. The number of hydrogen-bond acceptors (Lipinski definition) is 13. The second-order valence-corrected chi connectivity index (χ2v) is 11.5. The van der Waals surface area contributed by atoms with Gasteiger partial charge in [-0.25, -0.2) is 18.2 Å². The first kappa shape index (κ1) is 29.6. The molecule has 0 radical (unpaired) electrons. The van der Waals surface area contributed by atoms with Gasteiger partial charge >= 0.3 is 6.09 Å². The monoisotopic (exact) mass is 606 g/mol. The van der Waals surface area contributed by atoms with Gasteiger partial charge in [0.25, 0.3) is 5.69 Å². The molecular formula is C24H27ClN8O7S. The predicted molar refractivity (Wildman–Crippen MR) is 153 cm³/mol. The number of amides is 1. The molecule has 0 bridgehead atoms. The van der Waals surface area contributed by atoms with E-state index in [1.165, 1.54) is 37.6 Å². The Labute approximate surface area is 240 Å². The van der Waals surface area contributed by atoms with Crippen molar-refractivity contribution in [2.24, 2.45) is 5.73 Å². The lowest BCUT2D eigenvalue weighted by Gasteiger charge is -2.34. The van der Waals surface area contributed by atoms with Crippen molar-refractivity contribution >= 4 is 62.0 Å². The van der Waals surface area contributed by atoms with Crippen LogP contribution in [0.25, 0.3) is 0 Å². The van der Waals surface area contributed by atoms with Gasteiger partial charge in [0.2, 0.25) is 5.95 Å². The molecule has 1 aliphatic heterocycles. The van der Waals surface area contributed by atoms with Gasteiger partial charge in [-0.15, -0.1) is 0 Å². The van der Waals surface area contributed by atoms with Gasteiger partial charge in [-0.3, -0.25) is 10.1 Å². The smallest absolute Gasteiger partial charge is 0.409 e. The van der Waals surface area contributed by atoms with E-state index in [2.05, 4.69) is 25.5 Å². The topological polar surface area (TPSA) is 195 Å². The standard InChI is InChI=1S/C24H27ClN8O7S/c1-31-6-8-32(9-7-31)18-12-20(39-2)16(11-19(18)33(35)36)29-24-27-13-15(25)22(30-24)28-17-10-14(40-23(26)34)4-5-21(17)41(3,37)38/h4-5,10-13H,6-9H2,1-3H3,(H2,26,34)(H2,27,28,29,30). The molecule has 1 fully saturated rings. The summed E-state index contributed by atoms with van der Waals surface area (Å²) in [6.07, 6.45) is 1.17. The number of piperazine rings is 1. The number of nitrogens with one attached hydrogen (secondary N) is 2. The molecule has 1 aromatic heterocycles. The molecule has 41 heavy (non-hydrogen) atoms. The number of ether oxygens (including phenoxy) is 2. The van der Waals surface area contributed by atoms with E-state index in [-0.39, 0.29) is 44.5 Å². The van der Waals surface area contributed by atoms with E-state index < -0.39 is 20.9 Å². The minimum absolute atomic E-state index is 0.00236. The minimum Gasteiger partial charge on any atom is -0.494 e. The summed E-state index contributed by atoms with van der Waals surface area (Å²) < 4.78 is 35.1. The molecule has 4 N–H and O–H groups in total. The van der Waals surface area contributed by atoms with Gasteiger partial charge in [-0.05, 0) is 19.2 Å². The molecule has 0 saturated carbocycles. The first-order valence-electron chi connectivity index (χ1n) is 12.0. The number of halogens is 1. The molecule has 1 saturated heterocycles. The molecule has 15 nitrogen and oxygen atoms in total. The minimum atomic E-state index is -3.73. The number of likely N-dealkylation sites (N-methyl/N-ethyl adjacent to an activating group) is 1. The number of sulfone groups is 1. The average Bonchev–Trinajstić information content (AvgIpc) is 2.90. The number of nitrogens with zero attached hydrogens (tertiary/aromatic N) is 5. The van der Waals surface area contributed by atoms with Crippen molar-refractivity contribution < 1.29 is 27.6 Å². The fraction of sp³-hybridized carbons (Fsp3) is 0.292. The van der Waals surface area contributed by atoms with Crippen LogP contribution in [0.1, 0.15) is 0 Å². The zero-order valence-electron chi connectivity index (χ0n) is 22.2. The highest BCUT2D eigenvalue weighted by Crippen LogP contribution is 2.40.